The molecule has 190 valence electrons. The van der Waals surface area contributed by atoms with Crippen LogP contribution in [0.3, 0.4) is 0 Å². The molecule has 2 amide bonds. The number of hydrogen-bond donors (Lipinski definition) is 8. The van der Waals surface area contributed by atoms with Gasteiger partial charge in [0, 0.05) is 24.2 Å². The van der Waals surface area contributed by atoms with Gasteiger partial charge in [0.25, 0.3) is 0 Å². The first-order valence-electron chi connectivity index (χ1n) is 11.1. The lowest BCUT2D eigenvalue weighted by atomic mass is 9.96. The quantitative estimate of drug-likeness (QED) is 0.206. The number of aliphatic hydroxyl groups excluding tert-OH is 6. The number of carbonyl (C=O) groups excluding carboxylic acids is 2. The monoisotopic (exact) mass is 484 g/mol. The molecule has 0 saturated carbocycles. The molecular formula is C22H32N2O10. The van der Waals surface area contributed by atoms with Crippen molar-refractivity contribution in [3.63, 3.8) is 0 Å². The molecule has 2 saturated heterocycles. The van der Waals surface area contributed by atoms with Crippen LogP contribution in [0, 0.1) is 0 Å². The fourth-order valence-electron chi connectivity index (χ4n) is 4.10. The zero-order valence-electron chi connectivity index (χ0n) is 18.5. The highest BCUT2D eigenvalue weighted by Crippen LogP contribution is 2.25. The minimum absolute atomic E-state index is 0.0137. The van der Waals surface area contributed by atoms with Gasteiger partial charge in [-0.1, -0.05) is 6.07 Å². The van der Waals surface area contributed by atoms with Crippen molar-refractivity contribution in [1.82, 2.24) is 0 Å². The first kappa shape index (κ1) is 26.4. The Morgan fingerprint density at radius 1 is 0.794 bits per heavy atom. The van der Waals surface area contributed by atoms with Crippen molar-refractivity contribution in [3.05, 3.63) is 24.3 Å². The standard InChI is InChI=1S/C22H32N2O10/c25-9-13-5-16(29)22(32)18(33-13)8-21(31)24-12-3-1-2-11(4-12)23-20(30)7-17-14(27)6-15(28)19(10-26)34-17/h1-4,13-19,22,25-29,32H,5-10H2,(H,23,30)(H,24,31)/t13-,14-,15-,16-,17+,18+,19+,22-/m0/s1. The molecule has 2 heterocycles. The van der Waals surface area contributed by atoms with Gasteiger partial charge in [-0.25, -0.2) is 0 Å². The Balaban J connectivity index is 1.53. The minimum Gasteiger partial charge on any atom is -0.394 e. The van der Waals surface area contributed by atoms with Gasteiger partial charge >= 0.3 is 0 Å². The molecule has 1 aromatic carbocycles. The van der Waals surface area contributed by atoms with Gasteiger partial charge in [-0.15, -0.1) is 0 Å². The van der Waals surface area contributed by atoms with Crippen LogP contribution in [0.25, 0.3) is 0 Å². The van der Waals surface area contributed by atoms with Gasteiger partial charge in [0.2, 0.25) is 11.8 Å². The summed E-state index contributed by atoms with van der Waals surface area (Å²) in [5.74, 6) is -0.964. The van der Waals surface area contributed by atoms with Crippen LogP contribution in [-0.4, -0.2) is 104 Å². The maximum Gasteiger partial charge on any atom is 0.227 e. The lowest BCUT2D eigenvalue weighted by molar-refractivity contribution is -0.181. The van der Waals surface area contributed by atoms with Gasteiger partial charge < -0.3 is 50.7 Å². The Labute approximate surface area is 196 Å². The number of anilines is 2. The SMILES string of the molecule is O=C(C[C@H]1O[C@H](CO)C[C@H](O)[C@@H]1O)Nc1cccc(NC(=O)C[C@H]2O[C@H](CO)[C@@H](O)C[C@@H]2O)c1. The van der Waals surface area contributed by atoms with Crippen molar-refractivity contribution in [2.75, 3.05) is 23.8 Å². The highest BCUT2D eigenvalue weighted by molar-refractivity contribution is 5.94. The molecule has 34 heavy (non-hydrogen) atoms. The smallest absolute Gasteiger partial charge is 0.227 e. The summed E-state index contributed by atoms with van der Waals surface area (Å²) in [6, 6.07) is 6.31. The summed E-state index contributed by atoms with van der Waals surface area (Å²) in [7, 11) is 0. The van der Waals surface area contributed by atoms with Gasteiger partial charge in [-0.05, 0) is 18.2 Å². The molecule has 2 aliphatic rings. The molecule has 0 radical (unpaired) electrons. The Morgan fingerprint density at radius 3 is 1.97 bits per heavy atom. The maximum absolute atomic E-state index is 12.4. The van der Waals surface area contributed by atoms with Crippen molar-refractivity contribution >= 4 is 23.2 Å². The zero-order chi connectivity index (χ0) is 24.8. The first-order chi connectivity index (χ1) is 16.2. The van der Waals surface area contributed by atoms with Crippen LogP contribution in [-0.2, 0) is 19.1 Å². The van der Waals surface area contributed by atoms with Gasteiger partial charge in [0.1, 0.15) is 12.2 Å². The van der Waals surface area contributed by atoms with Crippen molar-refractivity contribution < 1.29 is 49.7 Å². The predicted octanol–water partition coefficient (Wildman–Crippen LogP) is -1.91. The third-order valence-electron chi connectivity index (χ3n) is 5.92. The second-order valence-electron chi connectivity index (χ2n) is 8.62. The number of hydrogen-bond acceptors (Lipinski definition) is 10. The van der Waals surface area contributed by atoms with E-state index >= 15 is 0 Å². The van der Waals surface area contributed by atoms with Crippen LogP contribution in [0.5, 0.6) is 0 Å². The van der Waals surface area contributed by atoms with Crippen molar-refractivity contribution in [2.24, 2.45) is 0 Å². The molecule has 1 aromatic rings. The second-order valence-corrected chi connectivity index (χ2v) is 8.62. The van der Waals surface area contributed by atoms with E-state index in [1.165, 1.54) is 6.07 Å². The second kappa shape index (κ2) is 12.0. The molecule has 2 aliphatic heterocycles. The Bertz CT molecular complexity index is 840. The van der Waals surface area contributed by atoms with Crippen LogP contribution in [0.4, 0.5) is 11.4 Å². The molecule has 0 aromatic heterocycles. The van der Waals surface area contributed by atoms with E-state index in [1.54, 1.807) is 18.2 Å². The van der Waals surface area contributed by atoms with Gasteiger partial charge in [-0.3, -0.25) is 9.59 Å². The molecule has 3 rings (SSSR count). The van der Waals surface area contributed by atoms with Crippen LogP contribution < -0.4 is 10.6 Å². The fraction of sp³-hybridized carbons (Fsp3) is 0.636. The normalized spacial score (nSPS) is 33.8. The van der Waals surface area contributed by atoms with E-state index in [9.17, 15) is 40.2 Å². The van der Waals surface area contributed by atoms with Crippen molar-refractivity contribution in [2.45, 2.75) is 74.5 Å². The number of nitrogens with one attached hydrogen (secondary N) is 2. The lowest BCUT2D eigenvalue weighted by Crippen LogP contribution is -2.50. The molecule has 0 unspecified atom stereocenters. The molecule has 0 spiro atoms. The molecule has 0 aliphatic carbocycles. The highest BCUT2D eigenvalue weighted by atomic mass is 16.5. The molecule has 12 nitrogen and oxygen atoms in total. The minimum atomic E-state index is -1.26. The number of benzene rings is 1. The van der Waals surface area contributed by atoms with Gasteiger partial charge in [-0.2, -0.15) is 0 Å². The number of amides is 2. The van der Waals surface area contributed by atoms with E-state index in [4.69, 9.17) is 9.47 Å². The number of ether oxygens (including phenoxy) is 2. The van der Waals surface area contributed by atoms with E-state index in [2.05, 4.69) is 10.6 Å². The van der Waals surface area contributed by atoms with E-state index < -0.39 is 67.3 Å². The Hall–Kier alpha value is -2.16. The van der Waals surface area contributed by atoms with E-state index in [-0.39, 0.29) is 32.3 Å². The van der Waals surface area contributed by atoms with Crippen LogP contribution in [0.1, 0.15) is 25.7 Å². The summed E-state index contributed by atoms with van der Waals surface area (Å²) < 4.78 is 10.9. The number of rotatable bonds is 8. The van der Waals surface area contributed by atoms with E-state index in [1.807, 2.05) is 0 Å². The van der Waals surface area contributed by atoms with Crippen LogP contribution >= 0.6 is 0 Å². The van der Waals surface area contributed by atoms with Crippen molar-refractivity contribution in [3.8, 4) is 0 Å². The zero-order valence-corrected chi connectivity index (χ0v) is 18.5. The molecule has 12 heteroatoms. The number of aliphatic hydroxyl groups is 6. The summed E-state index contributed by atoms with van der Waals surface area (Å²) in [5.41, 5.74) is 0.737. The summed E-state index contributed by atoms with van der Waals surface area (Å²) in [5, 5.41) is 63.5. The van der Waals surface area contributed by atoms with Gasteiger partial charge in [0.15, 0.2) is 0 Å². The van der Waals surface area contributed by atoms with Gasteiger partial charge in [0.05, 0.1) is 62.7 Å². The topological polar surface area (TPSA) is 198 Å². The fourth-order valence-corrected chi connectivity index (χ4v) is 4.10. The summed E-state index contributed by atoms with van der Waals surface area (Å²) in [4.78, 5) is 24.8. The molecule has 0 bridgehead atoms. The van der Waals surface area contributed by atoms with E-state index in [0.717, 1.165) is 0 Å². The number of carbonyl (C=O) groups is 2. The van der Waals surface area contributed by atoms with Crippen molar-refractivity contribution in [1.29, 1.82) is 0 Å². The largest absolute Gasteiger partial charge is 0.394 e. The average molecular weight is 485 g/mol. The summed E-state index contributed by atoms with van der Waals surface area (Å²) >= 11 is 0. The predicted molar refractivity (Wildman–Crippen MR) is 118 cm³/mol. The lowest BCUT2D eigenvalue weighted by Gasteiger charge is -2.36. The summed E-state index contributed by atoms with van der Waals surface area (Å²) in [6.45, 7) is -0.774. The highest BCUT2D eigenvalue weighted by Gasteiger charge is 2.38. The molecular weight excluding hydrogens is 452 g/mol. The molecule has 8 atom stereocenters. The van der Waals surface area contributed by atoms with Crippen LogP contribution in [0.2, 0.25) is 0 Å². The third kappa shape index (κ3) is 6.93. The Kier molecular flexibility index (Phi) is 9.33. The summed E-state index contributed by atoms with van der Waals surface area (Å²) in [6.07, 6.45) is -8.25. The van der Waals surface area contributed by atoms with Crippen LogP contribution in [0.15, 0.2) is 24.3 Å². The molecule has 8 N–H and O–H groups in total. The first-order valence-corrected chi connectivity index (χ1v) is 11.1. The molecule has 2 fully saturated rings. The Morgan fingerprint density at radius 2 is 1.38 bits per heavy atom. The average Bonchev–Trinajstić information content (AvgIpc) is 2.78. The van der Waals surface area contributed by atoms with E-state index in [0.29, 0.717) is 11.4 Å². The maximum atomic E-state index is 12.4. The third-order valence-corrected chi connectivity index (χ3v) is 5.92.